The maximum Gasteiger partial charge on any atom is 0.344 e. The summed E-state index contributed by atoms with van der Waals surface area (Å²) in [6, 6.07) is 12.1. The molecule has 0 N–H and O–H groups in total. The minimum absolute atomic E-state index is 0.221. The van der Waals surface area contributed by atoms with Crippen molar-refractivity contribution in [2.24, 2.45) is 0 Å². The van der Waals surface area contributed by atoms with E-state index in [1.807, 2.05) is 0 Å². The highest BCUT2D eigenvalue weighted by molar-refractivity contribution is 5.83. The lowest BCUT2D eigenvalue weighted by Crippen LogP contribution is -2.15. The van der Waals surface area contributed by atoms with E-state index in [1.54, 1.807) is 42.5 Å². The smallest absolute Gasteiger partial charge is 0.344 e. The van der Waals surface area contributed by atoms with Crippen LogP contribution in [0.2, 0.25) is 0 Å². The van der Waals surface area contributed by atoms with Crippen LogP contribution in [-0.2, 0) is 9.53 Å². The summed E-state index contributed by atoms with van der Waals surface area (Å²) >= 11 is 0. The van der Waals surface area contributed by atoms with Crippen LogP contribution in [0.3, 0.4) is 0 Å². The van der Waals surface area contributed by atoms with Gasteiger partial charge in [0, 0.05) is 11.5 Å². The first kappa shape index (κ1) is 17.0. The van der Waals surface area contributed by atoms with Gasteiger partial charge in [0.25, 0.3) is 0 Å². The molecule has 0 amide bonds. The van der Waals surface area contributed by atoms with E-state index in [2.05, 4.69) is 4.74 Å². The highest BCUT2D eigenvalue weighted by Gasteiger charge is 2.15. The molecule has 3 aromatic rings. The number of esters is 1. The number of hydrogen-bond donors (Lipinski definition) is 0. The third-order valence-corrected chi connectivity index (χ3v) is 4.14. The number of rotatable bonds is 4. The van der Waals surface area contributed by atoms with Gasteiger partial charge in [-0.15, -0.1) is 0 Å². The zero-order valence-corrected chi connectivity index (χ0v) is 14.5. The fraction of sp³-hybridized carbons (Fsp3) is 0.200. The van der Waals surface area contributed by atoms with Gasteiger partial charge in [0.2, 0.25) is 0 Å². The third kappa shape index (κ3) is 3.44. The van der Waals surface area contributed by atoms with Crippen LogP contribution in [0.25, 0.3) is 22.1 Å². The molecule has 27 heavy (non-hydrogen) atoms. The van der Waals surface area contributed by atoms with Gasteiger partial charge in [-0.2, -0.15) is 0 Å². The molecule has 0 bridgehead atoms. The second-order valence-corrected chi connectivity index (χ2v) is 5.87. The third-order valence-electron chi connectivity index (χ3n) is 4.14. The van der Waals surface area contributed by atoms with Crippen molar-refractivity contribution in [3.8, 4) is 28.4 Å². The Kier molecular flexibility index (Phi) is 4.42. The van der Waals surface area contributed by atoms with Crippen molar-refractivity contribution in [2.75, 3.05) is 26.9 Å². The Labute approximate surface area is 154 Å². The fourth-order valence-corrected chi connectivity index (χ4v) is 2.79. The first-order chi connectivity index (χ1) is 13.1. The van der Waals surface area contributed by atoms with E-state index in [1.165, 1.54) is 7.11 Å². The van der Waals surface area contributed by atoms with Gasteiger partial charge in [0.05, 0.1) is 12.7 Å². The van der Waals surface area contributed by atoms with Crippen molar-refractivity contribution in [2.45, 2.75) is 0 Å². The molecule has 1 aliphatic heterocycles. The number of ether oxygens (including phenoxy) is 4. The van der Waals surface area contributed by atoms with Crippen LogP contribution in [0, 0.1) is 0 Å². The molecule has 2 aromatic carbocycles. The molecule has 0 aliphatic carbocycles. The van der Waals surface area contributed by atoms with E-state index < -0.39 is 11.6 Å². The maximum atomic E-state index is 12.5. The van der Waals surface area contributed by atoms with Crippen LogP contribution in [0.5, 0.6) is 17.2 Å². The Bertz CT molecular complexity index is 1070. The molecule has 138 valence electrons. The summed E-state index contributed by atoms with van der Waals surface area (Å²) in [7, 11) is 1.28. The topological polar surface area (TPSA) is 84.2 Å². The zero-order valence-electron chi connectivity index (χ0n) is 14.5. The quantitative estimate of drug-likeness (QED) is 0.517. The van der Waals surface area contributed by atoms with Gasteiger partial charge in [-0.05, 0) is 35.9 Å². The molecule has 1 aliphatic rings. The van der Waals surface area contributed by atoms with Gasteiger partial charge in [-0.1, -0.05) is 6.07 Å². The minimum Gasteiger partial charge on any atom is -0.486 e. The Balaban J connectivity index is 1.68. The number of carbonyl (C=O) groups excluding carboxylic acids is 1. The molecule has 1 aromatic heterocycles. The molecule has 7 nitrogen and oxygen atoms in total. The van der Waals surface area contributed by atoms with Crippen molar-refractivity contribution in [1.82, 2.24) is 0 Å². The largest absolute Gasteiger partial charge is 0.486 e. The molecule has 4 rings (SSSR count). The van der Waals surface area contributed by atoms with Crippen molar-refractivity contribution >= 4 is 16.9 Å². The number of carbonyl (C=O) groups is 1. The first-order valence-corrected chi connectivity index (χ1v) is 8.31. The van der Waals surface area contributed by atoms with Crippen molar-refractivity contribution in [3.63, 3.8) is 0 Å². The summed E-state index contributed by atoms with van der Waals surface area (Å²) in [5.41, 5.74) is 0.983. The lowest BCUT2D eigenvalue weighted by molar-refractivity contribution is -0.142. The van der Waals surface area contributed by atoms with Gasteiger partial charge in [0.1, 0.15) is 24.5 Å². The van der Waals surface area contributed by atoms with Crippen molar-refractivity contribution in [3.05, 3.63) is 52.9 Å². The van der Waals surface area contributed by atoms with Gasteiger partial charge in [-0.25, -0.2) is 9.59 Å². The van der Waals surface area contributed by atoms with Crippen molar-refractivity contribution in [1.29, 1.82) is 0 Å². The molecular weight excluding hydrogens is 352 g/mol. The van der Waals surface area contributed by atoms with E-state index >= 15 is 0 Å². The predicted molar refractivity (Wildman–Crippen MR) is 96.4 cm³/mol. The lowest BCUT2D eigenvalue weighted by atomic mass is 10.1. The molecule has 0 radical (unpaired) electrons. The summed E-state index contributed by atoms with van der Waals surface area (Å²) < 4.78 is 26.4. The van der Waals surface area contributed by atoms with Crippen LogP contribution in [0.4, 0.5) is 0 Å². The van der Waals surface area contributed by atoms with Crippen LogP contribution in [-0.4, -0.2) is 32.9 Å². The van der Waals surface area contributed by atoms with E-state index in [9.17, 15) is 9.59 Å². The Morgan fingerprint density at radius 1 is 1.04 bits per heavy atom. The van der Waals surface area contributed by atoms with E-state index in [0.29, 0.717) is 47.2 Å². The van der Waals surface area contributed by atoms with Crippen LogP contribution >= 0.6 is 0 Å². The molecule has 0 fully saturated rings. The number of hydrogen-bond acceptors (Lipinski definition) is 7. The molecule has 2 heterocycles. The molecule has 0 saturated carbocycles. The average molecular weight is 368 g/mol. The van der Waals surface area contributed by atoms with Gasteiger partial charge < -0.3 is 23.4 Å². The van der Waals surface area contributed by atoms with E-state index in [0.717, 1.165) is 5.39 Å². The molecule has 7 heteroatoms. The SMILES string of the molecule is COC(=O)COc1ccc2cc(-c3ccc4c(c3)OCCO4)c(=O)oc2c1. The Hall–Kier alpha value is -3.48. The second kappa shape index (κ2) is 7.03. The number of fused-ring (bicyclic) bond motifs is 2. The highest BCUT2D eigenvalue weighted by Crippen LogP contribution is 2.34. The average Bonchev–Trinajstić information content (AvgIpc) is 2.71. The van der Waals surface area contributed by atoms with Crippen molar-refractivity contribution < 1.29 is 28.2 Å². The summed E-state index contributed by atoms with van der Waals surface area (Å²) in [6.45, 7) is 0.753. The zero-order chi connectivity index (χ0) is 18.8. The van der Waals surface area contributed by atoms with E-state index in [4.69, 9.17) is 18.6 Å². The van der Waals surface area contributed by atoms with Crippen LogP contribution in [0.15, 0.2) is 51.7 Å². The van der Waals surface area contributed by atoms with Crippen LogP contribution < -0.4 is 19.8 Å². The molecule has 0 atom stereocenters. The summed E-state index contributed by atoms with van der Waals surface area (Å²) in [5, 5.41) is 0.727. The molecule has 0 saturated heterocycles. The fourth-order valence-electron chi connectivity index (χ4n) is 2.79. The normalized spacial score (nSPS) is 12.6. The van der Waals surface area contributed by atoms with Crippen LogP contribution in [0.1, 0.15) is 0 Å². The summed E-state index contributed by atoms with van der Waals surface area (Å²) in [6.07, 6.45) is 0. The number of benzene rings is 2. The molecule has 0 unspecified atom stereocenters. The predicted octanol–water partition coefficient (Wildman–Crippen LogP) is 2.78. The van der Waals surface area contributed by atoms with Gasteiger partial charge in [0.15, 0.2) is 18.1 Å². The van der Waals surface area contributed by atoms with Gasteiger partial charge >= 0.3 is 11.6 Å². The summed E-state index contributed by atoms with van der Waals surface area (Å²) in [4.78, 5) is 23.6. The minimum atomic E-state index is -0.495. The Morgan fingerprint density at radius 3 is 2.67 bits per heavy atom. The van der Waals surface area contributed by atoms with Gasteiger partial charge in [-0.3, -0.25) is 0 Å². The maximum absolute atomic E-state index is 12.5. The molecular formula is C20H16O7. The highest BCUT2D eigenvalue weighted by atomic mass is 16.6. The number of methoxy groups -OCH3 is 1. The molecule has 0 spiro atoms. The van der Waals surface area contributed by atoms with E-state index in [-0.39, 0.29) is 6.61 Å². The Morgan fingerprint density at radius 2 is 1.85 bits per heavy atom. The lowest BCUT2D eigenvalue weighted by Gasteiger charge is -2.18. The second-order valence-electron chi connectivity index (χ2n) is 5.87. The monoisotopic (exact) mass is 368 g/mol. The standard InChI is InChI=1S/C20H16O7/c1-23-19(21)11-26-14-4-2-13-8-15(20(22)27-17(13)10-14)12-3-5-16-18(9-12)25-7-6-24-16/h2-5,8-10H,6-7,11H2,1H3. The first-order valence-electron chi connectivity index (χ1n) is 8.31. The summed E-state index contributed by atoms with van der Waals surface area (Å²) in [5.74, 6) is 1.17.